The Bertz CT molecular complexity index is 1070. The molecule has 0 aliphatic carbocycles. The van der Waals surface area contributed by atoms with Gasteiger partial charge in [-0.3, -0.25) is 4.90 Å². The largest absolute Gasteiger partial charge is 0.488 e. The molecule has 2 N–H and O–H groups in total. The molecule has 152 valence electrons. The zero-order chi connectivity index (χ0) is 20.9. The van der Waals surface area contributed by atoms with E-state index >= 15 is 0 Å². The van der Waals surface area contributed by atoms with Gasteiger partial charge in [-0.05, 0) is 36.4 Å². The molecule has 2 amide bonds. The number of benzene rings is 2. The average molecular weight is 404 g/mol. The first kappa shape index (κ1) is 19.3. The van der Waals surface area contributed by atoms with Crippen molar-refractivity contribution in [2.45, 2.75) is 0 Å². The quantitative estimate of drug-likeness (QED) is 0.638. The molecule has 0 bridgehead atoms. The fraction of sp³-hybridized carbons (Fsp3) is 0.136. The number of rotatable bonds is 4. The molecule has 30 heavy (non-hydrogen) atoms. The van der Waals surface area contributed by atoms with Crippen LogP contribution in [0, 0.1) is 0 Å². The summed E-state index contributed by atoms with van der Waals surface area (Å²) in [5.41, 5.74) is 1.63. The summed E-state index contributed by atoms with van der Waals surface area (Å²) in [5, 5.41) is 5.98. The van der Waals surface area contributed by atoms with E-state index in [1.54, 1.807) is 36.4 Å². The molecule has 1 aliphatic heterocycles. The third kappa shape index (κ3) is 4.02. The van der Waals surface area contributed by atoms with Crippen molar-refractivity contribution in [1.29, 1.82) is 0 Å². The van der Waals surface area contributed by atoms with Crippen LogP contribution in [0.5, 0.6) is 5.75 Å². The van der Waals surface area contributed by atoms with Gasteiger partial charge in [-0.25, -0.2) is 14.6 Å². The Morgan fingerprint density at radius 3 is 2.60 bits per heavy atom. The summed E-state index contributed by atoms with van der Waals surface area (Å²) in [6.45, 7) is 0.732. The summed E-state index contributed by atoms with van der Waals surface area (Å²) < 4.78 is 10.5. The van der Waals surface area contributed by atoms with Crippen LogP contribution >= 0.6 is 0 Å². The molecule has 0 saturated heterocycles. The number of ether oxygens (including phenoxy) is 2. The number of para-hydroxylation sites is 2. The first-order valence-corrected chi connectivity index (χ1v) is 9.37. The number of pyridine rings is 1. The first-order valence-electron chi connectivity index (χ1n) is 9.37. The number of aromatic nitrogens is 1. The van der Waals surface area contributed by atoms with Crippen LogP contribution in [0.3, 0.4) is 0 Å². The second-order valence-electron chi connectivity index (χ2n) is 6.48. The number of methoxy groups -OCH3 is 1. The molecule has 0 unspecified atom stereocenters. The summed E-state index contributed by atoms with van der Waals surface area (Å²) in [7, 11) is 1.33. The Balaban J connectivity index is 1.60. The Hall–Kier alpha value is -4.07. The fourth-order valence-corrected chi connectivity index (χ4v) is 3.09. The van der Waals surface area contributed by atoms with Crippen LogP contribution in [0.25, 0.3) is 0 Å². The lowest BCUT2D eigenvalue weighted by molar-refractivity contribution is 0.0602. The second-order valence-corrected chi connectivity index (χ2v) is 6.48. The van der Waals surface area contributed by atoms with E-state index in [9.17, 15) is 9.59 Å². The molecular formula is C22H20N4O4. The molecular weight excluding hydrogens is 384 g/mol. The number of amides is 2. The van der Waals surface area contributed by atoms with Gasteiger partial charge in [-0.15, -0.1) is 0 Å². The Kier molecular flexibility index (Phi) is 5.47. The lowest BCUT2D eigenvalue weighted by Gasteiger charge is -2.29. The summed E-state index contributed by atoms with van der Waals surface area (Å²) in [4.78, 5) is 30.9. The third-order valence-electron chi connectivity index (χ3n) is 4.53. The number of urea groups is 1. The van der Waals surface area contributed by atoms with Gasteiger partial charge in [-0.1, -0.05) is 30.3 Å². The van der Waals surface area contributed by atoms with E-state index in [0.29, 0.717) is 47.5 Å². The zero-order valence-corrected chi connectivity index (χ0v) is 16.3. The van der Waals surface area contributed by atoms with E-state index in [2.05, 4.69) is 15.6 Å². The summed E-state index contributed by atoms with van der Waals surface area (Å²) in [5.74, 6) is 0.919. The maximum atomic E-state index is 12.8. The van der Waals surface area contributed by atoms with Crippen molar-refractivity contribution in [3.05, 3.63) is 72.3 Å². The minimum absolute atomic E-state index is 0.301. The zero-order valence-electron chi connectivity index (χ0n) is 16.3. The molecule has 0 atom stereocenters. The van der Waals surface area contributed by atoms with Crippen molar-refractivity contribution in [1.82, 2.24) is 4.98 Å². The van der Waals surface area contributed by atoms with E-state index in [1.807, 2.05) is 30.3 Å². The standard InChI is InChI=1S/C22H20N4O4/c1-29-21(27)16-9-5-6-10-17(16)24-19-12-11-18-20(25-19)26(13-14-30-18)22(28)23-15-7-3-2-4-8-15/h2-12H,13-14H2,1H3,(H,23,28)(H,24,25). The molecule has 4 rings (SSSR count). The first-order chi connectivity index (χ1) is 14.7. The van der Waals surface area contributed by atoms with E-state index in [-0.39, 0.29) is 6.03 Å². The number of nitrogens with one attached hydrogen (secondary N) is 2. The van der Waals surface area contributed by atoms with Crippen LogP contribution < -0.4 is 20.3 Å². The highest BCUT2D eigenvalue weighted by Crippen LogP contribution is 2.32. The molecule has 0 fully saturated rings. The molecule has 1 aliphatic rings. The lowest BCUT2D eigenvalue weighted by atomic mass is 10.2. The minimum atomic E-state index is -0.455. The second kappa shape index (κ2) is 8.52. The van der Waals surface area contributed by atoms with Crippen molar-refractivity contribution < 1.29 is 19.1 Å². The smallest absolute Gasteiger partial charge is 0.339 e. The third-order valence-corrected chi connectivity index (χ3v) is 4.53. The Labute approximate surface area is 173 Å². The lowest BCUT2D eigenvalue weighted by Crippen LogP contribution is -2.41. The van der Waals surface area contributed by atoms with Gasteiger partial charge in [0.1, 0.15) is 12.4 Å². The normalized spacial score (nSPS) is 12.4. The van der Waals surface area contributed by atoms with Crippen LogP contribution in [0.15, 0.2) is 66.7 Å². The highest BCUT2D eigenvalue weighted by molar-refractivity contribution is 6.02. The van der Waals surface area contributed by atoms with Crippen molar-refractivity contribution in [2.24, 2.45) is 0 Å². The summed E-state index contributed by atoms with van der Waals surface area (Å²) in [6, 6.07) is 19.3. The fourth-order valence-electron chi connectivity index (χ4n) is 3.09. The van der Waals surface area contributed by atoms with E-state index in [0.717, 1.165) is 0 Å². The number of carbonyl (C=O) groups excluding carboxylic acids is 2. The number of anilines is 4. The molecule has 0 saturated carbocycles. The highest BCUT2D eigenvalue weighted by Gasteiger charge is 2.26. The number of fused-ring (bicyclic) bond motifs is 1. The molecule has 3 aromatic rings. The number of carbonyl (C=O) groups is 2. The van der Waals surface area contributed by atoms with Crippen LogP contribution in [-0.4, -0.2) is 37.2 Å². The maximum Gasteiger partial charge on any atom is 0.339 e. The van der Waals surface area contributed by atoms with E-state index in [1.165, 1.54) is 12.0 Å². The molecule has 0 radical (unpaired) electrons. The van der Waals surface area contributed by atoms with Crippen molar-refractivity contribution >= 4 is 35.0 Å². The monoisotopic (exact) mass is 404 g/mol. The van der Waals surface area contributed by atoms with Gasteiger partial charge in [0, 0.05) is 5.69 Å². The molecule has 2 heterocycles. The van der Waals surface area contributed by atoms with Gasteiger partial charge in [0.15, 0.2) is 11.6 Å². The van der Waals surface area contributed by atoms with Crippen LogP contribution in [0.2, 0.25) is 0 Å². The maximum absolute atomic E-state index is 12.8. The minimum Gasteiger partial charge on any atom is -0.488 e. The average Bonchev–Trinajstić information content (AvgIpc) is 2.79. The Morgan fingerprint density at radius 1 is 1.03 bits per heavy atom. The van der Waals surface area contributed by atoms with Crippen molar-refractivity contribution in [2.75, 3.05) is 35.8 Å². The van der Waals surface area contributed by atoms with Crippen LogP contribution in [0.1, 0.15) is 10.4 Å². The molecule has 0 spiro atoms. The van der Waals surface area contributed by atoms with E-state index < -0.39 is 5.97 Å². The SMILES string of the molecule is COC(=O)c1ccccc1Nc1ccc2c(n1)N(C(=O)Nc1ccccc1)CCO2. The van der Waals surface area contributed by atoms with Crippen molar-refractivity contribution in [3.63, 3.8) is 0 Å². The number of hydrogen-bond donors (Lipinski definition) is 2. The summed E-state index contributed by atoms with van der Waals surface area (Å²) in [6.07, 6.45) is 0. The van der Waals surface area contributed by atoms with Gasteiger partial charge in [0.2, 0.25) is 0 Å². The van der Waals surface area contributed by atoms with Crippen LogP contribution in [0.4, 0.5) is 27.8 Å². The van der Waals surface area contributed by atoms with Gasteiger partial charge in [0.25, 0.3) is 0 Å². The molecule has 2 aromatic carbocycles. The molecule has 1 aromatic heterocycles. The predicted octanol–water partition coefficient (Wildman–Crippen LogP) is 4.04. The number of hydrogen-bond acceptors (Lipinski definition) is 6. The predicted molar refractivity (Wildman–Crippen MR) is 114 cm³/mol. The van der Waals surface area contributed by atoms with Gasteiger partial charge in [0.05, 0.1) is 24.9 Å². The number of nitrogens with zero attached hydrogens (tertiary/aromatic N) is 2. The molecule has 8 nitrogen and oxygen atoms in total. The molecule has 8 heteroatoms. The van der Waals surface area contributed by atoms with Crippen LogP contribution in [-0.2, 0) is 4.74 Å². The van der Waals surface area contributed by atoms with Gasteiger partial charge >= 0.3 is 12.0 Å². The topological polar surface area (TPSA) is 92.8 Å². The number of esters is 1. The highest BCUT2D eigenvalue weighted by atomic mass is 16.5. The van der Waals surface area contributed by atoms with Gasteiger partial charge < -0.3 is 20.1 Å². The van der Waals surface area contributed by atoms with Gasteiger partial charge in [-0.2, -0.15) is 0 Å². The Morgan fingerprint density at radius 2 is 1.80 bits per heavy atom. The summed E-state index contributed by atoms with van der Waals surface area (Å²) >= 11 is 0. The van der Waals surface area contributed by atoms with Crippen molar-refractivity contribution in [3.8, 4) is 5.75 Å². The van der Waals surface area contributed by atoms with E-state index in [4.69, 9.17) is 9.47 Å².